The summed E-state index contributed by atoms with van der Waals surface area (Å²) in [6, 6.07) is 3.37. The number of nitriles is 2. The van der Waals surface area contributed by atoms with Crippen LogP contribution in [-0.2, 0) is 0 Å². The lowest BCUT2D eigenvalue weighted by Crippen LogP contribution is -2.10. The molecule has 0 aliphatic heterocycles. The predicted octanol–water partition coefficient (Wildman–Crippen LogP) is 5.23. The molecule has 22 heavy (non-hydrogen) atoms. The van der Waals surface area contributed by atoms with Crippen LogP contribution in [0.2, 0.25) is 10.0 Å². The Balaban J connectivity index is 2.66. The van der Waals surface area contributed by atoms with E-state index in [1.54, 1.807) is 24.5 Å². The standard InChI is InChI=1S/C14H2Br2Cl2N4/c15-5-1-7(17)11-8(18)2-6(16)10-12(11)9(5)13(21-3-19)14(10)22-4-20/h1-2H. The second kappa shape index (κ2) is 5.64. The van der Waals surface area contributed by atoms with E-state index in [-0.39, 0.29) is 0 Å². The Morgan fingerprint density at radius 2 is 1.23 bits per heavy atom. The van der Waals surface area contributed by atoms with E-state index in [1.165, 1.54) is 0 Å². The molecule has 0 saturated heterocycles. The van der Waals surface area contributed by atoms with Crippen molar-refractivity contribution >= 4 is 77.3 Å². The fraction of sp³-hybridized carbons (Fsp3) is 0. The molecule has 0 radical (unpaired) electrons. The van der Waals surface area contributed by atoms with E-state index in [9.17, 15) is 0 Å². The summed E-state index contributed by atoms with van der Waals surface area (Å²) in [6.07, 6.45) is 3.49. The second-order valence-electron chi connectivity index (χ2n) is 4.30. The van der Waals surface area contributed by atoms with Crippen LogP contribution in [0.15, 0.2) is 31.1 Å². The number of nitrogens with zero attached hydrogens (tertiary/aromatic N) is 4. The molecule has 0 unspecified atom stereocenters. The van der Waals surface area contributed by atoms with Crippen LogP contribution in [0.3, 0.4) is 0 Å². The van der Waals surface area contributed by atoms with Crippen molar-refractivity contribution in [2.24, 2.45) is 9.98 Å². The van der Waals surface area contributed by atoms with Gasteiger partial charge in [-0.05, 0) is 12.1 Å². The lowest BCUT2D eigenvalue weighted by molar-refractivity contribution is 1.43. The molecule has 0 saturated carbocycles. The monoisotopic (exact) mass is 454 g/mol. The van der Waals surface area contributed by atoms with Crippen LogP contribution < -0.4 is 0 Å². The van der Waals surface area contributed by atoms with Crippen LogP contribution in [0.25, 0.3) is 10.8 Å². The molecule has 8 heteroatoms. The number of halogens is 4. The summed E-state index contributed by atoms with van der Waals surface area (Å²) in [5.41, 5.74) is 1.92. The van der Waals surface area contributed by atoms with Crippen LogP contribution >= 0.6 is 55.1 Å². The Hall–Kier alpha value is -1.44. The average molecular weight is 457 g/mol. The molecule has 0 spiro atoms. The van der Waals surface area contributed by atoms with Crippen LogP contribution in [0.4, 0.5) is 0 Å². The van der Waals surface area contributed by atoms with Gasteiger partial charge in [-0.15, -0.1) is 0 Å². The minimum Gasteiger partial charge on any atom is -0.171 e. The van der Waals surface area contributed by atoms with Gasteiger partial charge in [0.1, 0.15) is 11.4 Å². The van der Waals surface area contributed by atoms with E-state index < -0.39 is 0 Å². The number of aliphatic imine (C=N–C) groups is 2. The molecule has 0 aromatic heterocycles. The third kappa shape index (κ3) is 2.07. The lowest BCUT2D eigenvalue weighted by Gasteiger charge is -2.09. The highest BCUT2D eigenvalue weighted by molar-refractivity contribution is 9.11. The fourth-order valence-corrected chi connectivity index (χ4v) is 4.65. The Kier molecular flexibility index (Phi) is 3.96. The van der Waals surface area contributed by atoms with E-state index in [0.717, 1.165) is 0 Å². The van der Waals surface area contributed by atoms with E-state index in [1.807, 2.05) is 0 Å². The zero-order valence-corrected chi connectivity index (χ0v) is 15.1. The fourth-order valence-electron chi connectivity index (χ4n) is 2.50. The third-order valence-electron chi connectivity index (χ3n) is 3.23. The maximum Gasteiger partial charge on any atom is 0.206 e. The largest absolute Gasteiger partial charge is 0.206 e. The van der Waals surface area contributed by atoms with Crippen molar-refractivity contribution in [2.75, 3.05) is 0 Å². The summed E-state index contributed by atoms with van der Waals surface area (Å²) in [6.45, 7) is 0. The zero-order chi connectivity index (χ0) is 16.0. The smallest absolute Gasteiger partial charge is 0.171 e. The number of hydrogen-bond donors (Lipinski definition) is 0. The second-order valence-corrected chi connectivity index (χ2v) is 6.82. The summed E-state index contributed by atoms with van der Waals surface area (Å²) < 4.78 is 1.30. The van der Waals surface area contributed by atoms with E-state index in [4.69, 9.17) is 33.7 Å². The quantitative estimate of drug-likeness (QED) is 0.509. The summed E-state index contributed by atoms with van der Waals surface area (Å²) in [5, 5.41) is 20.2. The maximum absolute atomic E-state index is 8.96. The molecule has 106 valence electrons. The minimum absolute atomic E-state index is 0.315. The van der Waals surface area contributed by atoms with Gasteiger partial charge in [0.15, 0.2) is 0 Å². The van der Waals surface area contributed by atoms with Crippen LogP contribution in [0.5, 0.6) is 0 Å². The lowest BCUT2D eigenvalue weighted by atomic mass is 10.0. The van der Waals surface area contributed by atoms with E-state index >= 15 is 0 Å². The third-order valence-corrected chi connectivity index (χ3v) is 5.08. The van der Waals surface area contributed by atoms with Crippen molar-refractivity contribution in [3.05, 3.63) is 42.3 Å². The molecular formula is C14H2Br2Cl2N4. The molecule has 1 aliphatic carbocycles. The molecule has 0 fully saturated rings. The first-order chi connectivity index (χ1) is 10.5. The molecule has 2 aromatic rings. The van der Waals surface area contributed by atoms with Crippen molar-refractivity contribution in [1.82, 2.24) is 0 Å². The maximum atomic E-state index is 8.96. The molecule has 0 bridgehead atoms. The number of benzene rings is 2. The first-order valence-electron chi connectivity index (χ1n) is 5.75. The molecule has 4 nitrogen and oxygen atoms in total. The minimum atomic E-state index is 0.315. The molecule has 3 rings (SSSR count). The molecule has 0 N–H and O–H groups in total. The SMILES string of the molecule is N#CN=C1C(=NC#N)c2c(Br)cc(Cl)c3c(Cl)cc(Br)c1c23. The van der Waals surface area contributed by atoms with Gasteiger partial charge in [-0.2, -0.15) is 20.5 Å². The molecule has 0 atom stereocenters. The summed E-state index contributed by atoms with van der Waals surface area (Å²) in [7, 11) is 0. The highest BCUT2D eigenvalue weighted by atomic mass is 79.9. The van der Waals surface area contributed by atoms with Crippen molar-refractivity contribution in [1.29, 1.82) is 10.5 Å². The van der Waals surface area contributed by atoms with Crippen LogP contribution in [-0.4, -0.2) is 11.4 Å². The van der Waals surface area contributed by atoms with Gasteiger partial charge in [0.05, 0.1) is 10.0 Å². The van der Waals surface area contributed by atoms with Crippen molar-refractivity contribution in [3.63, 3.8) is 0 Å². The summed E-state index contributed by atoms with van der Waals surface area (Å²) >= 11 is 19.5. The molecule has 2 aromatic carbocycles. The Morgan fingerprint density at radius 3 is 1.59 bits per heavy atom. The highest BCUT2D eigenvalue weighted by Gasteiger charge is 2.33. The van der Waals surface area contributed by atoms with Gasteiger partial charge in [0, 0.05) is 30.8 Å². The normalized spacial score (nSPS) is 16.3. The van der Waals surface area contributed by atoms with Gasteiger partial charge in [-0.1, -0.05) is 55.1 Å². The molecule has 0 heterocycles. The predicted molar refractivity (Wildman–Crippen MR) is 93.7 cm³/mol. The van der Waals surface area contributed by atoms with Gasteiger partial charge >= 0.3 is 0 Å². The van der Waals surface area contributed by atoms with Crippen molar-refractivity contribution in [2.45, 2.75) is 0 Å². The number of hydrogen-bond acceptors (Lipinski definition) is 4. The van der Waals surface area contributed by atoms with Gasteiger partial charge in [0.2, 0.25) is 12.4 Å². The van der Waals surface area contributed by atoms with Gasteiger partial charge < -0.3 is 0 Å². The van der Waals surface area contributed by atoms with E-state index in [0.29, 0.717) is 52.3 Å². The topological polar surface area (TPSA) is 72.3 Å². The first kappa shape index (κ1) is 15.5. The highest BCUT2D eigenvalue weighted by Crippen LogP contribution is 2.45. The van der Waals surface area contributed by atoms with Gasteiger partial charge in [-0.25, -0.2) is 0 Å². The Labute approximate surface area is 151 Å². The van der Waals surface area contributed by atoms with Crippen molar-refractivity contribution < 1.29 is 0 Å². The van der Waals surface area contributed by atoms with E-state index in [2.05, 4.69) is 41.8 Å². The Morgan fingerprint density at radius 1 is 0.818 bits per heavy atom. The summed E-state index contributed by atoms with van der Waals surface area (Å²) in [4.78, 5) is 7.66. The zero-order valence-electron chi connectivity index (χ0n) is 10.5. The van der Waals surface area contributed by atoms with Crippen LogP contribution in [0, 0.1) is 22.9 Å². The van der Waals surface area contributed by atoms with Gasteiger partial charge in [-0.3, -0.25) is 0 Å². The van der Waals surface area contributed by atoms with Crippen LogP contribution in [0.1, 0.15) is 11.1 Å². The first-order valence-corrected chi connectivity index (χ1v) is 8.09. The average Bonchev–Trinajstić information content (AvgIpc) is 2.74. The number of rotatable bonds is 0. The molecule has 0 amide bonds. The Bertz CT molecular complexity index is 920. The van der Waals surface area contributed by atoms with Crippen molar-refractivity contribution in [3.8, 4) is 12.4 Å². The molecule has 1 aliphatic rings. The summed E-state index contributed by atoms with van der Waals surface area (Å²) in [5.74, 6) is 0. The molecular weight excluding hydrogens is 455 g/mol. The van der Waals surface area contributed by atoms with Gasteiger partial charge in [0.25, 0.3) is 0 Å².